The normalized spacial score (nSPS) is 17.9. The molecule has 0 aromatic heterocycles. The first-order chi connectivity index (χ1) is 9.29. The van der Waals surface area contributed by atoms with Gasteiger partial charge >= 0.3 is 0 Å². The van der Waals surface area contributed by atoms with Crippen molar-refractivity contribution in [1.82, 2.24) is 5.32 Å². The summed E-state index contributed by atoms with van der Waals surface area (Å²) in [6.45, 7) is 0. The van der Waals surface area contributed by atoms with E-state index in [1.54, 1.807) is 0 Å². The van der Waals surface area contributed by atoms with Crippen molar-refractivity contribution in [2.75, 3.05) is 5.33 Å². The molecule has 1 aromatic rings. The van der Waals surface area contributed by atoms with Crippen LogP contribution in [0.4, 0.5) is 0 Å². The summed E-state index contributed by atoms with van der Waals surface area (Å²) in [5, 5.41) is 3.90. The van der Waals surface area contributed by atoms with Gasteiger partial charge in [-0.25, -0.2) is 0 Å². The van der Waals surface area contributed by atoms with Crippen LogP contribution in [0.15, 0.2) is 30.3 Å². The number of carbonyl (C=O) groups is 1. The Hall–Kier alpha value is -0.830. The van der Waals surface area contributed by atoms with E-state index in [-0.39, 0.29) is 11.9 Å². The van der Waals surface area contributed by atoms with Gasteiger partial charge in [-0.2, -0.15) is 0 Å². The van der Waals surface area contributed by atoms with Crippen LogP contribution < -0.4 is 5.32 Å². The summed E-state index contributed by atoms with van der Waals surface area (Å²) < 4.78 is 0. The van der Waals surface area contributed by atoms with E-state index in [1.807, 2.05) is 18.2 Å². The molecule has 1 aliphatic carbocycles. The molecule has 0 bridgehead atoms. The second kappa shape index (κ2) is 7.68. The molecule has 3 heteroatoms. The van der Waals surface area contributed by atoms with Gasteiger partial charge in [0.15, 0.2) is 0 Å². The monoisotopic (exact) mass is 323 g/mol. The second-order valence-electron chi connectivity index (χ2n) is 5.39. The maximum atomic E-state index is 12.1. The zero-order valence-electron chi connectivity index (χ0n) is 11.3. The third-order valence-electron chi connectivity index (χ3n) is 3.89. The van der Waals surface area contributed by atoms with Crippen molar-refractivity contribution in [3.05, 3.63) is 35.9 Å². The minimum absolute atomic E-state index is 0.0808. The third kappa shape index (κ3) is 4.64. The molecule has 19 heavy (non-hydrogen) atoms. The van der Waals surface area contributed by atoms with Gasteiger partial charge in [0.2, 0.25) is 5.91 Å². The zero-order chi connectivity index (χ0) is 13.5. The molecule has 1 N–H and O–H groups in total. The number of carbonyl (C=O) groups excluding carboxylic acids is 1. The van der Waals surface area contributed by atoms with E-state index in [1.165, 1.54) is 32.1 Å². The molecule has 2 nitrogen and oxygen atoms in total. The molecule has 1 fully saturated rings. The van der Waals surface area contributed by atoms with Crippen molar-refractivity contribution >= 4 is 21.8 Å². The number of hydrogen-bond donors (Lipinski definition) is 1. The standard InChI is InChI=1S/C16H22BrNO/c17-12-15(14-9-5-2-6-10-14)18-16(19)11-13-7-3-1-4-8-13/h2,5-6,9-10,13,15H,1,3-4,7-8,11-12H2,(H,18,19). The zero-order valence-corrected chi connectivity index (χ0v) is 12.9. The fraction of sp³-hybridized carbons (Fsp3) is 0.562. The summed E-state index contributed by atoms with van der Waals surface area (Å²) in [7, 11) is 0. The Morgan fingerprint density at radius 3 is 2.53 bits per heavy atom. The molecular weight excluding hydrogens is 302 g/mol. The van der Waals surface area contributed by atoms with E-state index in [4.69, 9.17) is 0 Å². The van der Waals surface area contributed by atoms with Gasteiger partial charge in [0.05, 0.1) is 6.04 Å². The third-order valence-corrected chi connectivity index (χ3v) is 4.54. The molecule has 2 rings (SSSR count). The molecule has 104 valence electrons. The van der Waals surface area contributed by atoms with Crippen LogP contribution in [0.25, 0.3) is 0 Å². The summed E-state index contributed by atoms with van der Waals surface area (Å²) in [5.41, 5.74) is 1.16. The van der Waals surface area contributed by atoms with E-state index in [2.05, 4.69) is 33.4 Å². The molecule has 0 saturated heterocycles. The predicted octanol–water partition coefficient (Wildman–Crippen LogP) is 4.21. The highest BCUT2D eigenvalue weighted by Crippen LogP contribution is 2.26. The smallest absolute Gasteiger partial charge is 0.220 e. The average Bonchev–Trinajstić information content (AvgIpc) is 2.47. The summed E-state index contributed by atoms with van der Waals surface area (Å²) in [6, 6.07) is 10.2. The van der Waals surface area contributed by atoms with E-state index in [9.17, 15) is 4.79 Å². The first-order valence-electron chi connectivity index (χ1n) is 7.20. The Morgan fingerprint density at radius 1 is 1.21 bits per heavy atom. The van der Waals surface area contributed by atoms with Gasteiger partial charge in [-0.05, 0) is 24.3 Å². The van der Waals surface area contributed by atoms with Gasteiger partial charge in [0.25, 0.3) is 0 Å². The van der Waals surface area contributed by atoms with E-state index >= 15 is 0 Å². The Balaban J connectivity index is 1.85. The minimum atomic E-state index is 0.0808. The summed E-state index contributed by atoms with van der Waals surface area (Å²) in [5.74, 6) is 0.792. The highest BCUT2D eigenvalue weighted by atomic mass is 79.9. The number of alkyl halides is 1. The van der Waals surface area contributed by atoms with Gasteiger partial charge in [-0.3, -0.25) is 4.79 Å². The van der Waals surface area contributed by atoms with Gasteiger partial charge < -0.3 is 5.32 Å². The molecule has 0 spiro atoms. The topological polar surface area (TPSA) is 29.1 Å². The quantitative estimate of drug-likeness (QED) is 0.808. The molecule has 0 radical (unpaired) electrons. The van der Waals surface area contributed by atoms with Crippen LogP contribution in [0.3, 0.4) is 0 Å². The minimum Gasteiger partial charge on any atom is -0.348 e. The fourth-order valence-corrected chi connectivity index (χ4v) is 3.34. The van der Waals surface area contributed by atoms with Crippen LogP contribution in [0, 0.1) is 5.92 Å². The molecule has 1 unspecified atom stereocenters. The maximum absolute atomic E-state index is 12.1. The summed E-state index contributed by atoms with van der Waals surface area (Å²) in [4.78, 5) is 12.1. The Kier molecular flexibility index (Phi) is 5.90. The van der Waals surface area contributed by atoms with Gasteiger partial charge in [0.1, 0.15) is 0 Å². The van der Waals surface area contributed by atoms with Crippen LogP contribution in [-0.2, 0) is 4.79 Å². The second-order valence-corrected chi connectivity index (χ2v) is 6.04. The van der Waals surface area contributed by atoms with Crippen molar-refractivity contribution in [2.45, 2.75) is 44.6 Å². The van der Waals surface area contributed by atoms with Crippen molar-refractivity contribution in [1.29, 1.82) is 0 Å². The largest absolute Gasteiger partial charge is 0.348 e. The molecule has 1 atom stereocenters. The number of halogens is 1. The van der Waals surface area contributed by atoms with Crippen molar-refractivity contribution in [2.24, 2.45) is 5.92 Å². The number of nitrogens with one attached hydrogen (secondary N) is 1. The van der Waals surface area contributed by atoms with Crippen LogP contribution in [0.1, 0.15) is 50.1 Å². The molecule has 1 aliphatic rings. The first-order valence-corrected chi connectivity index (χ1v) is 8.32. The Labute approximate surface area is 124 Å². The van der Waals surface area contributed by atoms with Crippen molar-refractivity contribution < 1.29 is 4.79 Å². The molecule has 1 saturated carbocycles. The number of benzene rings is 1. The number of hydrogen-bond acceptors (Lipinski definition) is 1. The van der Waals surface area contributed by atoms with Crippen LogP contribution in [0.2, 0.25) is 0 Å². The van der Waals surface area contributed by atoms with E-state index < -0.39 is 0 Å². The Morgan fingerprint density at radius 2 is 1.89 bits per heavy atom. The molecule has 0 aliphatic heterocycles. The lowest BCUT2D eigenvalue weighted by molar-refractivity contribution is -0.122. The van der Waals surface area contributed by atoms with Crippen molar-refractivity contribution in [3.63, 3.8) is 0 Å². The molecular formula is C16H22BrNO. The molecule has 1 amide bonds. The fourth-order valence-electron chi connectivity index (χ4n) is 2.80. The van der Waals surface area contributed by atoms with Crippen LogP contribution in [-0.4, -0.2) is 11.2 Å². The molecule has 0 heterocycles. The van der Waals surface area contributed by atoms with Gasteiger partial charge in [-0.15, -0.1) is 0 Å². The highest BCUT2D eigenvalue weighted by Gasteiger charge is 2.19. The number of amides is 1. The predicted molar refractivity (Wildman–Crippen MR) is 82.3 cm³/mol. The first kappa shape index (κ1) is 14.6. The van der Waals surface area contributed by atoms with Crippen LogP contribution in [0.5, 0.6) is 0 Å². The molecule has 1 aromatic carbocycles. The number of rotatable bonds is 5. The highest BCUT2D eigenvalue weighted by molar-refractivity contribution is 9.09. The summed E-state index contributed by atoms with van der Waals surface area (Å²) in [6.07, 6.45) is 7.05. The lowest BCUT2D eigenvalue weighted by Gasteiger charge is -2.23. The summed E-state index contributed by atoms with van der Waals surface area (Å²) >= 11 is 3.49. The van der Waals surface area contributed by atoms with E-state index in [0.29, 0.717) is 12.3 Å². The Bertz CT molecular complexity index is 387. The maximum Gasteiger partial charge on any atom is 0.220 e. The lowest BCUT2D eigenvalue weighted by atomic mass is 9.87. The van der Waals surface area contributed by atoms with E-state index in [0.717, 1.165) is 10.9 Å². The van der Waals surface area contributed by atoms with Crippen LogP contribution >= 0.6 is 15.9 Å². The lowest BCUT2D eigenvalue weighted by Crippen LogP contribution is -2.31. The average molecular weight is 324 g/mol. The van der Waals surface area contributed by atoms with Gasteiger partial charge in [0, 0.05) is 11.8 Å². The van der Waals surface area contributed by atoms with Gasteiger partial charge in [-0.1, -0.05) is 65.5 Å². The SMILES string of the molecule is O=C(CC1CCCCC1)NC(CBr)c1ccccc1. The van der Waals surface area contributed by atoms with Crippen molar-refractivity contribution in [3.8, 4) is 0 Å².